The summed E-state index contributed by atoms with van der Waals surface area (Å²) >= 11 is 7.32. The zero-order chi connectivity index (χ0) is 17.0. The fourth-order valence-electron chi connectivity index (χ4n) is 5.10. The number of imide groups is 1. The molecule has 2 bridgehead atoms. The largest absolute Gasteiger partial charge is 0.461 e. The van der Waals surface area contributed by atoms with Gasteiger partial charge in [-0.1, -0.05) is 38.3 Å². The van der Waals surface area contributed by atoms with Crippen LogP contribution in [0.2, 0.25) is 0 Å². The molecule has 0 unspecified atom stereocenters. The number of carbonyl (C=O) groups is 3. The van der Waals surface area contributed by atoms with Crippen LogP contribution in [0.25, 0.3) is 0 Å². The lowest BCUT2D eigenvalue weighted by atomic mass is 9.81. The van der Waals surface area contributed by atoms with E-state index >= 15 is 0 Å². The first-order valence-corrected chi connectivity index (χ1v) is 10.6. The van der Waals surface area contributed by atoms with E-state index in [1.54, 1.807) is 0 Å². The lowest BCUT2D eigenvalue weighted by Crippen LogP contribution is -2.39. The van der Waals surface area contributed by atoms with Crippen molar-refractivity contribution < 1.29 is 19.1 Å². The predicted molar refractivity (Wildman–Crippen MR) is 93.7 cm³/mol. The molecular formula is C17H21Br2NO4. The number of esters is 1. The minimum absolute atomic E-state index is 0.0476. The highest BCUT2D eigenvalue weighted by atomic mass is 79.9. The molecule has 4 rings (SSSR count). The van der Waals surface area contributed by atoms with E-state index in [4.69, 9.17) is 4.74 Å². The Morgan fingerprint density at radius 3 is 2.08 bits per heavy atom. The quantitative estimate of drug-likeness (QED) is 0.367. The van der Waals surface area contributed by atoms with Crippen molar-refractivity contribution in [3.05, 3.63) is 0 Å². The maximum absolute atomic E-state index is 12.7. The summed E-state index contributed by atoms with van der Waals surface area (Å²) in [6.45, 7) is -0.222. The normalized spacial score (nSPS) is 41.8. The van der Waals surface area contributed by atoms with Gasteiger partial charge in [0, 0.05) is 9.65 Å². The van der Waals surface area contributed by atoms with E-state index in [1.807, 2.05) is 0 Å². The third-order valence-corrected chi connectivity index (χ3v) is 9.42. The fraction of sp³-hybridized carbons (Fsp3) is 0.824. The Kier molecular flexibility index (Phi) is 4.52. The number of amides is 2. The van der Waals surface area contributed by atoms with E-state index in [0.29, 0.717) is 0 Å². The van der Waals surface area contributed by atoms with Crippen LogP contribution in [0, 0.1) is 23.7 Å². The van der Waals surface area contributed by atoms with Gasteiger partial charge in [-0.15, -0.1) is 0 Å². The minimum Gasteiger partial charge on any atom is -0.461 e. The van der Waals surface area contributed by atoms with Crippen LogP contribution < -0.4 is 0 Å². The smallest absolute Gasteiger partial charge is 0.326 e. The Bertz CT molecular complexity index is 545. The molecule has 132 valence electrons. The Morgan fingerprint density at radius 2 is 1.54 bits per heavy atom. The number of likely N-dealkylation sites (tertiary alicyclic amines) is 1. The first-order valence-electron chi connectivity index (χ1n) is 8.82. The monoisotopic (exact) mass is 461 g/mol. The Balaban J connectivity index is 1.43. The average Bonchev–Trinajstić information content (AvgIpc) is 3.16. The highest BCUT2D eigenvalue weighted by Crippen LogP contribution is 2.60. The van der Waals surface area contributed by atoms with Crippen LogP contribution in [-0.2, 0) is 19.1 Å². The van der Waals surface area contributed by atoms with Gasteiger partial charge in [0.1, 0.15) is 12.6 Å². The number of hydrogen-bond donors (Lipinski definition) is 0. The first-order chi connectivity index (χ1) is 11.5. The number of nitrogens with zero attached hydrogens (tertiary/aromatic N) is 1. The van der Waals surface area contributed by atoms with Crippen LogP contribution in [0.15, 0.2) is 0 Å². The van der Waals surface area contributed by atoms with Crippen LogP contribution in [0.4, 0.5) is 0 Å². The van der Waals surface area contributed by atoms with Crippen molar-refractivity contribution >= 4 is 49.6 Å². The van der Waals surface area contributed by atoms with Crippen LogP contribution in [-0.4, -0.2) is 45.0 Å². The molecular weight excluding hydrogens is 442 g/mol. The maximum Gasteiger partial charge on any atom is 0.326 e. The second-order valence-electron chi connectivity index (χ2n) is 7.52. The number of alkyl halides is 2. The number of carbonyl (C=O) groups excluding carboxylic acids is 3. The highest BCUT2D eigenvalue weighted by Gasteiger charge is 2.66. The van der Waals surface area contributed by atoms with Gasteiger partial charge in [0.05, 0.1) is 11.8 Å². The molecule has 0 spiro atoms. The van der Waals surface area contributed by atoms with Crippen LogP contribution in [0.1, 0.15) is 38.5 Å². The maximum atomic E-state index is 12.7. The SMILES string of the molecule is O=C(CN1C(=O)[C@H]2[C@@H]3C[C@@H]([C@H](Br)[C@@H]3Br)[C@@H]2C1=O)OC1CCCCC1. The number of hydrogen-bond acceptors (Lipinski definition) is 4. The lowest BCUT2D eigenvalue weighted by molar-refractivity contribution is -0.158. The van der Waals surface area contributed by atoms with Crippen LogP contribution in [0.5, 0.6) is 0 Å². The molecule has 0 aromatic carbocycles. The molecule has 7 heteroatoms. The lowest BCUT2D eigenvalue weighted by Gasteiger charge is -2.28. The Morgan fingerprint density at radius 1 is 1.00 bits per heavy atom. The van der Waals surface area contributed by atoms with E-state index in [-0.39, 0.29) is 57.8 Å². The van der Waals surface area contributed by atoms with Gasteiger partial charge in [0.2, 0.25) is 11.8 Å². The zero-order valence-corrected chi connectivity index (χ0v) is 16.5. The van der Waals surface area contributed by atoms with E-state index in [0.717, 1.165) is 37.0 Å². The van der Waals surface area contributed by atoms with E-state index in [1.165, 1.54) is 6.42 Å². The van der Waals surface area contributed by atoms with Crippen molar-refractivity contribution in [2.24, 2.45) is 23.7 Å². The van der Waals surface area contributed by atoms with E-state index < -0.39 is 5.97 Å². The third kappa shape index (κ3) is 2.57. The number of ether oxygens (including phenoxy) is 1. The van der Waals surface area contributed by atoms with Crippen molar-refractivity contribution in [1.82, 2.24) is 4.90 Å². The molecule has 6 atom stereocenters. The molecule has 3 saturated carbocycles. The fourth-order valence-corrected chi connectivity index (χ4v) is 6.98. The number of halogens is 2. The molecule has 0 radical (unpaired) electrons. The summed E-state index contributed by atoms with van der Waals surface area (Å²) in [5, 5.41) is 0. The van der Waals surface area contributed by atoms with Crippen LogP contribution in [0.3, 0.4) is 0 Å². The topological polar surface area (TPSA) is 63.7 Å². The number of fused-ring (bicyclic) bond motifs is 5. The van der Waals surface area contributed by atoms with Gasteiger partial charge in [-0.05, 0) is 43.9 Å². The molecule has 1 saturated heterocycles. The molecule has 3 aliphatic carbocycles. The second kappa shape index (κ2) is 6.38. The van der Waals surface area contributed by atoms with Gasteiger partial charge < -0.3 is 4.74 Å². The zero-order valence-electron chi connectivity index (χ0n) is 13.3. The summed E-state index contributed by atoms with van der Waals surface area (Å²) in [5.74, 6) is -0.961. The Labute approximate surface area is 158 Å². The summed E-state index contributed by atoms with van der Waals surface area (Å²) in [5.41, 5.74) is 0. The summed E-state index contributed by atoms with van der Waals surface area (Å²) < 4.78 is 5.48. The van der Waals surface area contributed by atoms with Gasteiger partial charge in [0.15, 0.2) is 0 Å². The first kappa shape index (κ1) is 17.0. The van der Waals surface area contributed by atoms with E-state index in [9.17, 15) is 14.4 Å². The molecule has 2 amide bonds. The van der Waals surface area contributed by atoms with Gasteiger partial charge in [-0.2, -0.15) is 0 Å². The average molecular weight is 463 g/mol. The molecule has 0 N–H and O–H groups in total. The van der Waals surface area contributed by atoms with Gasteiger partial charge in [-0.3, -0.25) is 19.3 Å². The molecule has 1 heterocycles. The van der Waals surface area contributed by atoms with Crippen molar-refractivity contribution in [2.75, 3.05) is 6.54 Å². The molecule has 24 heavy (non-hydrogen) atoms. The van der Waals surface area contributed by atoms with Crippen molar-refractivity contribution in [3.8, 4) is 0 Å². The van der Waals surface area contributed by atoms with Gasteiger partial charge >= 0.3 is 5.97 Å². The highest BCUT2D eigenvalue weighted by molar-refractivity contribution is 9.12. The summed E-state index contributed by atoms with van der Waals surface area (Å²) in [4.78, 5) is 39.2. The number of rotatable bonds is 3. The molecule has 4 fully saturated rings. The van der Waals surface area contributed by atoms with E-state index in [2.05, 4.69) is 31.9 Å². The standard InChI is InChI=1S/C17H21Br2NO4/c18-14-9-6-10(15(14)19)13-12(9)16(22)20(17(13)23)7-11(21)24-8-4-2-1-3-5-8/h8-10,12-15H,1-7H2/t9-,10+,12-,13-,14+,15-/m0/s1. The summed E-state index contributed by atoms with van der Waals surface area (Å²) in [6, 6.07) is 0. The molecule has 5 nitrogen and oxygen atoms in total. The third-order valence-electron chi connectivity index (χ3n) is 6.22. The van der Waals surface area contributed by atoms with Gasteiger partial charge in [-0.25, -0.2) is 0 Å². The van der Waals surface area contributed by atoms with Crippen molar-refractivity contribution in [1.29, 1.82) is 0 Å². The molecule has 1 aliphatic heterocycles. The molecule has 0 aromatic heterocycles. The van der Waals surface area contributed by atoms with Crippen molar-refractivity contribution in [2.45, 2.75) is 54.3 Å². The summed E-state index contributed by atoms with van der Waals surface area (Å²) in [7, 11) is 0. The predicted octanol–water partition coefficient (Wildman–Crippen LogP) is 2.64. The van der Waals surface area contributed by atoms with Crippen molar-refractivity contribution in [3.63, 3.8) is 0 Å². The molecule has 4 aliphatic rings. The minimum atomic E-state index is -0.443. The Hall–Kier alpha value is -0.430. The molecule has 0 aromatic rings. The second-order valence-corrected chi connectivity index (χ2v) is 9.63. The summed E-state index contributed by atoms with van der Waals surface area (Å²) in [6.07, 6.45) is 5.97. The van der Waals surface area contributed by atoms with Gasteiger partial charge in [0.25, 0.3) is 0 Å². The van der Waals surface area contributed by atoms with Crippen LogP contribution >= 0.6 is 31.9 Å².